The van der Waals surface area contributed by atoms with E-state index in [1.54, 1.807) is 20.8 Å². The lowest BCUT2D eigenvalue weighted by atomic mass is 9.84. The molecule has 128 valence electrons. The summed E-state index contributed by atoms with van der Waals surface area (Å²) in [5, 5.41) is 9.36. The monoisotopic (exact) mass is 343 g/mol. The topological polar surface area (TPSA) is 66.8 Å². The molecule has 1 amide bonds. The first-order valence-corrected chi connectivity index (χ1v) is 7.75. The zero-order valence-electron chi connectivity index (χ0n) is 12.7. The van der Waals surface area contributed by atoms with E-state index in [0.717, 1.165) is 0 Å². The molecule has 1 unspecified atom stereocenters. The standard InChI is InChI=1S/C13H20F3NO4S/c1-11(2,3)21-10(20)17-6-4-12(8-17,9(18)19)5-7-22-13(14,15)16/h4-8H2,1-3H3,(H,18,19). The van der Waals surface area contributed by atoms with E-state index in [-0.39, 0.29) is 43.4 Å². The third kappa shape index (κ3) is 5.58. The molecule has 1 atom stereocenters. The molecule has 1 fully saturated rings. The number of ether oxygens (including phenoxy) is 1. The number of thioether (sulfide) groups is 1. The Kier molecular flexibility index (Phi) is 5.64. The molecular weight excluding hydrogens is 323 g/mol. The molecule has 0 aromatic carbocycles. The van der Waals surface area contributed by atoms with Gasteiger partial charge in [-0.1, -0.05) is 11.8 Å². The quantitative estimate of drug-likeness (QED) is 0.848. The van der Waals surface area contributed by atoms with Crippen LogP contribution < -0.4 is 0 Å². The summed E-state index contributed by atoms with van der Waals surface area (Å²) < 4.78 is 41.7. The maximum absolute atomic E-state index is 12.2. The van der Waals surface area contributed by atoms with E-state index in [1.807, 2.05) is 0 Å². The molecule has 22 heavy (non-hydrogen) atoms. The molecular formula is C13H20F3NO4S. The molecule has 1 heterocycles. The van der Waals surface area contributed by atoms with Crippen molar-refractivity contribution in [1.82, 2.24) is 4.90 Å². The molecule has 1 aliphatic rings. The van der Waals surface area contributed by atoms with E-state index in [4.69, 9.17) is 4.74 Å². The summed E-state index contributed by atoms with van der Waals surface area (Å²) in [5.41, 5.74) is -6.43. The van der Waals surface area contributed by atoms with Crippen LogP contribution in [-0.2, 0) is 9.53 Å². The second-order valence-electron chi connectivity index (χ2n) is 6.28. The highest BCUT2D eigenvalue weighted by atomic mass is 32.2. The number of hydrogen-bond acceptors (Lipinski definition) is 4. The van der Waals surface area contributed by atoms with Crippen molar-refractivity contribution in [2.75, 3.05) is 18.8 Å². The molecule has 0 saturated carbocycles. The molecule has 1 rings (SSSR count). The predicted octanol–water partition coefficient (Wildman–Crippen LogP) is 3.34. The number of carbonyl (C=O) groups excluding carboxylic acids is 1. The van der Waals surface area contributed by atoms with Gasteiger partial charge in [0.05, 0.1) is 5.41 Å². The van der Waals surface area contributed by atoms with Crippen LogP contribution in [0.2, 0.25) is 0 Å². The normalized spacial score (nSPS) is 22.7. The average molecular weight is 343 g/mol. The van der Waals surface area contributed by atoms with Gasteiger partial charge in [-0.3, -0.25) is 4.79 Å². The Morgan fingerprint density at radius 2 is 1.91 bits per heavy atom. The number of carbonyl (C=O) groups is 2. The summed E-state index contributed by atoms with van der Waals surface area (Å²) >= 11 is -0.242. The average Bonchev–Trinajstić information content (AvgIpc) is 2.70. The van der Waals surface area contributed by atoms with E-state index >= 15 is 0 Å². The highest BCUT2D eigenvalue weighted by Gasteiger charge is 2.47. The molecule has 9 heteroatoms. The van der Waals surface area contributed by atoms with Crippen molar-refractivity contribution in [2.45, 2.75) is 44.7 Å². The van der Waals surface area contributed by atoms with Gasteiger partial charge in [0.15, 0.2) is 0 Å². The third-order valence-corrected chi connectivity index (χ3v) is 4.04. The first kappa shape index (κ1) is 18.9. The zero-order chi connectivity index (χ0) is 17.2. The van der Waals surface area contributed by atoms with Crippen molar-refractivity contribution in [3.05, 3.63) is 0 Å². The van der Waals surface area contributed by atoms with Gasteiger partial charge < -0.3 is 14.7 Å². The van der Waals surface area contributed by atoms with Crippen LogP contribution in [0.3, 0.4) is 0 Å². The molecule has 1 saturated heterocycles. The maximum atomic E-state index is 12.2. The molecule has 5 nitrogen and oxygen atoms in total. The van der Waals surface area contributed by atoms with Crippen molar-refractivity contribution >= 4 is 23.8 Å². The molecule has 1 N–H and O–H groups in total. The van der Waals surface area contributed by atoms with Gasteiger partial charge in [-0.2, -0.15) is 13.2 Å². The first-order chi connectivity index (χ1) is 9.85. The van der Waals surface area contributed by atoms with Crippen molar-refractivity contribution in [1.29, 1.82) is 0 Å². The fourth-order valence-electron chi connectivity index (χ4n) is 2.20. The van der Waals surface area contributed by atoms with Crippen molar-refractivity contribution in [2.24, 2.45) is 5.41 Å². The van der Waals surface area contributed by atoms with Gasteiger partial charge >= 0.3 is 17.6 Å². The fourth-order valence-corrected chi connectivity index (χ4v) is 2.93. The molecule has 0 aliphatic carbocycles. The van der Waals surface area contributed by atoms with E-state index in [2.05, 4.69) is 0 Å². The summed E-state index contributed by atoms with van der Waals surface area (Å²) in [6.07, 6.45) is -0.662. The summed E-state index contributed by atoms with van der Waals surface area (Å²) in [4.78, 5) is 24.6. The van der Waals surface area contributed by atoms with Crippen molar-refractivity contribution in [3.8, 4) is 0 Å². The Morgan fingerprint density at radius 1 is 1.32 bits per heavy atom. The Bertz CT molecular complexity index is 436. The summed E-state index contributed by atoms with van der Waals surface area (Å²) in [5.74, 6) is -1.53. The number of rotatable bonds is 4. The van der Waals surface area contributed by atoms with Crippen LogP contribution in [0, 0.1) is 5.41 Å². The van der Waals surface area contributed by atoms with Gasteiger partial charge in [0.1, 0.15) is 5.60 Å². The van der Waals surface area contributed by atoms with Gasteiger partial charge in [-0.15, -0.1) is 0 Å². The number of carboxylic acid groups (broad SMARTS) is 1. The second-order valence-corrected chi connectivity index (χ2v) is 7.44. The second kappa shape index (κ2) is 6.55. The number of nitrogens with zero attached hydrogens (tertiary/aromatic N) is 1. The number of likely N-dealkylation sites (tertiary alicyclic amines) is 1. The van der Waals surface area contributed by atoms with Gasteiger partial charge in [-0.25, -0.2) is 4.79 Å². The SMILES string of the molecule is CC(C)(C)OC(=O)N1CCC(CCSC(F)(F)F)(C(=O)O)C1. The molecule has 0 bridgehead atoms. The minimum atomic E-state index is -4.39. The van der Waals surface area contributed by atoms with Crippen LogP contribution in [0.4, 0.5) is 18.0 Å². The molecule has 1 aliphatic heterocycles. The summed E-state index contributed by atoms with van der Waals surface area (Å²) in [7, 11) is 0. The van der Waals surface area contributed by atoms with Gasteiger partial charge in [-0.05, 0) is 33.6 Å². The summed E-state index contributed by atoms with van der Waals surface area (Å²) in [6, 6.07) is 0. The number of hydrogen-bond donors (Lipinski definition) is 1. The Hall–Kier alpha value is -1.12. The van der Waals surface area contributed by atoms with Gasteiger partial charge in [0.25, 0.3) is 0 Å². The number of alkyl halides is 3. The molecule has 0 radical (unpaired) electrons. The highest BCUT2D eigenvalue weighted by molar-refractivity contribution is 8.00. The van der Waals surface area contributed by atoms with Crippen LogP contribution in [0.25, 0.3) is 0 Å². The van der Waals surface area contributed by atoms with E-state index < -0.39 is 28.6 Å². The number of amides is 1. The van der Waals surface area contributed by atoms with E-state index in [0.29, 0.717) is 0 Å². The Balaban J connectivity index is 2.67. The van der Waals surface area contributed by atoms with E-state index in [1.165, 1.54) is 4.90 Å². The molecule has 0 spiro atoms. The van der Waals surface area contributed by atoms with Crippen LogP contribution in [0.1, 0.15) is 33.6 Å². The lowest BCUT2D eigenvalue weighted by molar-refractivity contribution is -0.148. The van der Waals surface area contributed by atoms with Crippen molar-refractivity contribution in [3.63, 3.8) is 0 Å². The smallest absolute Gasteiger partial charge is 0.441 e. The molecule has 0 aromatic heterocycles. The Morgan fingerprint density at radius 3 is 2.36 bits per heavy atom. The lowest BCUT2D eigenvalue weighted by Gasteiger charge is -2.27. The maximum Gasteiger partial charge on any atom is 0.441 e. The van der Waals surface area contributed by atoms with E-state index in [9.17, 15) is 27.9 Å². The Labute approximate surface area is 131 Å². The minimum absolute atomic E-state index is 0.125. The van der Waals surface area contributed by atoms with Gasteiger partial charge in [0.2, 0.25) is 0 Å². The predicted molar refractivity (Wildman–Crippen MR) is 75.6 cm³/mol. The number of carboxylic acids is 1. The molecule has 0 aromatic rings. The van der Waals surface area contributed by atoms with Crippen LogP contribution in [0.5, 0.6) is 0 Å². The van der Waals surface area contributed by atoms with Crippen molar-refractivity contribution < 1.29 is 32.6 Å². The number of aliphatic carboxylic acids is 1. The largest absolute Gasteiger partial charge is 0.481 e. The van der Waals surface area contributed by atoms with Crippen LogP contribution in [0.15, 0.2) is 0 Å². The van der Waals surface area contributed by atoms with Crippen LogP contribution in [-0.4, -0.2) is 52.0 Å². The summed E-state index contributed by atoms with van der Waals surface area (Å²) in [6.45, 7) is 5.09. The highest BCUT2D eigenvalue weighted by Crippen LogP contribution is 2.39. The fraction of sp³-hybridized carbons (Fsp3) is 0.846. The number of halogens is 3. The van der Waals surface area contributed by atoms with Gasteiger partial charge in [0, 0.05) is 18.8 Å². The lowest BCUT2D eigenvalue weighted by Crippen LogP contribution is -2.39. The minimum Gasteiger partial charge on any atom is -0.481 e. The third-order valence-electron chi connectivity index (χ3n) is 3.31. The zero-order valence-corrected chi connectivity index (χ0v) is 13.5. The first-order valence-electron chi connectivity index (χ1n) is 6.77. The van der Waals surface area contributed by atoms with Crippen LogP contribution >= 0.6 is 11.8 Å².